The Morgan fingerprint density at radius 3 is 2.35 bits per heavy atom. The van der Waals surface area contributed by atoms with Crippen LogP contribution in [0.1, 0.15) is 22.7 Å². The van der Waals surface area contributed by atoms with Crippen LogP contribution in [0.2, 0.25) is 0 Å². The molecule has 0 aliphatic heterocycles. The molecule has 2 rings (SSSR count). The van der Waals surface area contributed by atoms with Crippen molar-refractivity contribution in [3.63, 3.8) is 0 Å². The van der Waals surface area contributed by atoms with E-state index in [1.807, 2.05) is 19.1 Å². The van der Waals surface area contributed by atoms with E-state index in [2.05, 4.69) is 21.2 Å². The molecule has 0 saturated heterocycles. The van der Waals surface area contributed by atoms with Gasteiger partial charge < -0.3 is 5.32 Å². The van der Waals surface area contributed by atoms with Crippen LogP contribution in [-0.4, -0.2) is 7.05 Å². The molecule has 2 aromatic carbocycles. The molecule has 0 spiro atoms. The van der Waals surface area contributed by atoms with E-state index in [0.29, 0.717) is 0 Å². The summed E-state index contributed by atoms with van der Waals surface area (Å²) in [4.78, 5) is 0. The highest BCUT2D eigenvalue weighted by molar-refractivity contribution is 9.10. The number of benzene rings is 2. The second-order valence-electron chi connectivity index (χ2n) is 4.46. The molecular weight excluding hydrogens is 331 g/mol. The molecule has 1 atom stereocenters. The molecule has 1 unspecified atom stereocenters. The summed E-state index contributed by atoms with van der Waals surface area (Å²) < 4.78 is 41.2. The molecule has 0 heterocycles. The maximum Gasteiger partial charge on any atom is 0.194 e. The van der Waals surface area contributed by atoms with E-state index >= 15 is 0 Å². The summed E-state index contributed by atoms with van der Waals surface area (Å²) in [6, 6.07) is 7.16. The molecule has 0 radical (unpaired) electrons. The molecule has 5 heteroatoms. The van der Waals surface area contributed by atoms with Crippen LogP contribution >= 0.6 is 15.9 Å². The van der Waals surface area contributed by atoms with Crippen LogP contribution in [0.25, 0.3) is 0 Å². The maximum atomic E-state index is 13.9. The summed E-state index contributed by atoms with van der Waals surface area (Å²) in [7, 11) is 1.64. The minimum atomic E-state index is -1.45. The van der Waals surface area contributed by atoms with Gasteiger partial charge in [-0.1, -0.05) is 40.2 Å². The van der Waals surface area contributed by atoms with Gasteiger partial charge in [-0.05, 0) is 31.2 Å². The Labute approximate surface area is 123 Å². The van der Waals surface area contributed by atoms with Crippen LogP contribution in [0.3, 0.4) is 0 Å². The van der Waals surface area contributed by atoms with E-state index in [4.69, 9.17) is 0 Å². The Kier molecular flexibility index (Phi) is 4.50. The van der Waals surface area contributed by atoms with Gasteiger partial charge in [0.05, 0.1) is 6.04 Å². The SMILES string of the molecule is CNC(c1ccc(F)c(F)c1F)c1cccc(C)c1Br. The quantitative estimate of drug-likeness (QED) is 0.810. The van der Waals surface area contributed by atoms with Gasteiger partial charge in [0, 0.05) is 10.0 Å². The number of rotatable bonds is 3. The topological polar surface area (TPSA) is 12.0 Å². The number of aryl methyl sites for hydroxylation is 1. The average molecular weight is 344 g/mol. The lowest BCUT2D eigenvalue weighted by Crippen LogP contribution is -2.20. The van der Waals surface area contributed by atoms with Gasteiger partial charge in [0.2, 0.25) is 0 Å². The predicted molar refractivity (Wildman–Crippen MR) is 76.1 cm³/mol. The lowest BCUT2D eigenvalue weighted by atomic mass is 9.97. The molecule has 0 saturated carbocycles. The number of nitrogens with one attached hydrogen (secondary N) is 1. The molecule has 0 amide bonds. The molecule has 2 aromatic rings. The lowest BCUT2D eigenvalue weighted by molar-refractivity contribution is 0.435. The highest BCUT2D eigenvalue weighted by Crippen LogP contribution is 2.32. The van der Waals surface area contributed by atoms with Crippen molar-refractivity contribution in [2.24, 2.45) is 0 Å². The first-order chi connectivity index (χ1) is 9.47. The van der Waals surface area contributed by atoms with Gasteiger partial charge in [0.15, 0.2) is 17.5 Å². The summed E-state index contributed by atoms with van der Waals surface area (Å²) in [5, 5.41) is 2.93. The van der Waals surface area contributed by atoms with Crippen molar-refractivity contribution in [3.8, 4) is 0 Å². The summed E-state index contributed by atoms with van der Waals surface area (Å²) in [6.45, 7) is 1.90. The first-order valence-electron chi connectivity index (χ1n) is 6.03. The minimum Gasteiger partial charge on any atom is -0.309 e. The Hall–Kier alpha value is -1.33. The molecule has 0 aliphatic carbocycles. The van der Waals surface area contributed by atoms with Crippen LogP contribution in [0.5, 0.6) is 0 Å². The van der Waals surface area contributed by atoms with Crippen LogP contribution in [0.15, 0.2) is 34.8 Å². The molecule has 0 fully saturated rings. The Morgan fingerprint density at radius 1 is 1.00 bits per heavy atom. The second kappa shape index (κ2) is 5.97. The van der Waals surface area contributed by atoms with E-state index in [-0.39, 0.29) is 5.56 Å². The third kappa shape index (κ3) is 2.60. The highest BCUT2D eigenvalue weighted by atomic mass is 79.9. The molecule has 20 heavy (non-hydrogen) atoms. The first-order valence-corrected chi connectivity index (χ1v) is 6.82. The second-order valence-corrected chi connectivity index (χ2v) is 5.26. The zero-order valence-electron chi connectivity index (χ0n) is 11.0. The average Bonchev–Trinajstić information content (AvgIpc) is 2.44. The van der Waals surface area contributed by atoms with E-state index in [0.717, 1.165) is 21.7 Å². The molecule has 106 valence electrons. The van der Waals surface area contributed by atoms with Crippen LogP contribution in [-0.2, 0) is 0 Å². The van der Waals surface area contributed by atoms with Crippen LogP contribution in [0.4, 0.5) is 13.2 Å². The monoisotopic (exact) mass is 343 g/mol. The normalized spacial score (nSPS) is 12.5. The summed E-state index contributed by atoms with van der Waals surface area (Å²) in [5.41, 5.74) is 1.81. The van der Waals surface area contributed by atoms with Gasteiger partial charge >= 0.3 is 0 Å². The van der Waals surface area contributed by atoms with E-state index in [9.17, 15) is 13.2 Å². The standard InChI is InChI=1S/C15H13BrF3N/c1-8-4-3-5-9(12(8)16)15(20-2)10-6-7-11(17)14(19)13(10)18/h3-7,15,20H,1-2H3. The number of halogens is 4. The zero-order chi connectivity index (χ0) is 14.9. The van der Waals surface area contributed by atoms with Crippen molar-refractivity contribution < 1.29 is 13.2 Å². The fraction of sp³-hybridized carbons (Fsp3) is 0.200. The Morgan fingerprint density at radius 2 is 1.70 bits per heavy atom. The van der Waals surface area contributed by atoms with E-state index < -0.39 is 23.5 Å². The van der Waals surface area contributed by atoms with Gasteiger partial charge in [-0.2, -0.15) is 0 Å². The summed E-state index contributed by atoms with van der Waals surface area (Å²) in [5.74, 6) is -3.81. The summed E-state index contributed by atoms with van der Waals surface area (Å²) >= 11 is 3.45. The third-order valence-corrected chi connectivity index (χ3v) is 4.28. The molecule has 1 N–H and O–H groups in total. The number of hydrogen-bond donors (Lipinski definition) is 1. The van der Waals surface area contributed by atoms with Gasteiger partial charge in [0.25, 0.3) is 0 Å². The van der Waals surface area contributed by atoms with Crippen molar-refractivity contribution in [1.29, 1.82) is 0 Å². The Bertz CT molecular complexity index is 643. The maximum absolute atomic E-state index is 13.9. The summed E-state index contributed by atoms with van der Waals surface area (Å²) in [6.07, 6.45) is 0. The first kappa shape index (κ1) is 15.1. The third-order valence-electron chi connectivity index (χ3n) is 3.20. The predicted octanol–water partition coefficient (Wildman–Crippen LogP) is 4.48. The van der Waals surface area contributed by atoms with Gasteiger partial charge in [-0.3, -0.25) is 0 Å². The number of hydrogen-bond acceptors (Lipinski definition) is 1. The lowest BCUT2D eigenvalue weighted by Gasteiger charge is -2.20. The molecule has 0 aromatic heterocycles. The van der Waals surface area contributed by atoms with Crippen molar-refractivity contribution >= 4 is 15.9 Å². The smallest absolute Gasteiger partial charge is 0.194 e. The molecule has 0 bridgehead atoms. The minimum absolute atomic E-state index is 0.0673. The van der Waals surface area contributed by atoms with Gasteiger partial charge in [0.1, 0.15) is 0 Å². The van der Waals surface area contributed by atoms with Crippen LogP contribution < -0.4 is 5.32 Å². The van der Waals surface area contributed by atoms with Crippen molar-refractivity contribution in [2.75, 3.05) is 7.05 Å². The van der Waals surface area contributed by atoms with Crippen molar-refractivity contribution in [2.45, 2.75) is 13.0 Å². The van der Waals surface area contributed by atoms with Crippen LogP contribution in [0, 0.1) is 24.4 Å². The van der Waals surface area contributed by atoms with Gasteiger partial charge in [-0.15, -0.1) is 0 Å². The largest absolute Gasteiger partial charge is 0.309 e. The fourth-order valence-electron chi connectivity index (χ4n) is 2.14. The zero-order valence-corrected chi connectivity index (χ0v) is 12.6. The van der Waals surface area contributed by atoms with Crippen molar-refractivity contribution in [3.05, 3.63) is 68.9 Å². The van der Waals surface area contributed by atoms with E-state index in [1.165, 1.54) is 6.07 Å². The van der Waals surface area contributed by atoms with Gasteiger partial charge in [-0.25, -0.2) is 13.2 Å². The molecule has 1 nitrogen and oxygen atoms in total. The highest BCUT2D eigenvalue weighted by Gasteiger charge is 2.22. The Balaban J connectivity index is 2.59. The molecular formula is C15H13BrF3N. The molecule has 0 aliphatic rings. The van der Waals surface area contributed by atoms with E-state index in [1.54, 1.807) is 13.1 Å². The fourth-order valence-corrected chi connectivity index (χ4v) is 2.63. The van der Waals surface area contributed by atoms with Crippen molar-refractivity contribution in [1.82, 2.24) is 5.32 Å².